The molecule has 3 rings (SSSR count). The smallest absolute Gasteiger partial charge is 0.426 e. The first-order chi connectivity index (χ1) is 30.1. The second-order valence-electron chi connectivity index (χ2n) is 17.0. The Morgan fingerprint density at radius 3 is 2.30 bits per heavy atom. The summed E-state index contributed by atoms with van der Waals surface area (Å²) in [5.74, 6) is -1.68. The molecule has 1 aliphatic rings. The van der Waals surface area contributed by atoms with Crippen molar-refractivity contribution in [3.05, 3.63) is 45.9 Å². The van der Waals surface area contributed by atoms with Crippen LogP contribution in [-0.4, -0.2) is 120 Å². The molecule has 16 nitrogen and oxygen atoms in total. The van der Waals surface area contributed by atoms with Crippen LogP contribution < -0.4 is 21.5 Å². The van der Waals surface area contributed by atoms with Crippen LogP contribution in [0.1, 0.15) is 134 Å². The molecular weight excluding hydrogens is 827 g/mol. The molecule has 1 saturated heterocycles. The average molecular weight is 902 g/mol. The van der Waals surface area contributed by atoms with Crippen molar-refractivity contribution < 1.29 is 43.3 Å². The largest absolute Gasteiger partial charge is 0.508 e. The number of nitrogens with zero attached hydrogens (tertiary/aromatic N) is 3. The number of phenolic OH excluding ortho intramolecular Hbond substituents is 1. The summed E-state index contributed by atoms with van der Waals surface area (Å²) in [6.45, 7) is 18.4. The van der Waals surface area contributed by atoms with Crippen molar-refractivity contribution in [2.75, 3.05) is 46.6 Å². The van der Waals surface area contributed by atoms with Gasteiger partial charge in [0.2, 0.25) is 17.7 Å². The first kappa shape index (κ1) is 53.0. The van der Waals surface area contributed by atoms with Gasteiger partial charge in [0, 0.05) is 49.6 Å². The van der Waals surface area contributed by atoms with E-state index in [1.54, 1.807) is 36.6 Å². The van der Waals surface area contributed by atoms with Crippen LogP contribution in [0, 0.1) is 17.8 Å². The van der Waals surface area contributed by atoms with Crippen molar-refractivity contribution in [2.45, 2.75) is 143 Å². The molecule has 2 aromatic rings. The van der Waals surface area contributed by atoms with E-state index in [9.17, 15) is 29.1 Å². The Hall–Kier alpha value is -4.32. The number of thiazole rings is 1. The number of likely N-dealkylation sites (tertiary alicyclic amines) is 1. The minimum atomic E-state index is -0.823. The number of rotatable bonds is 26. The van der Waals surface area contributed by atoms with Gasteiger partial charge in [0.05, 0.1) is 12.6 Å². The number of hydrazine groups is 1. The molecule has 0 aliphatic carbocycles. The molecule has 63 heavy (non-hydrogen) atoms. The Balaban J connectivity index is 1.82. The van der Waals surface area contributed by atoms with Gasteiger partial charge in [-0.05, 0) is 88.6 Å². The summed E-state index contributed by atoms with van der Waals surface area (Å²) in [4.78, 5) is 76.2. The lowest BCUT2D eigenvalue weighted by atomic mass is 9.92. The SMILES string of the molecule is CCCO[C@H](C[C@H](C(C)C)N(CCC)C(=O)[C@@H](NC(=O)[C@H]1CCCCN1C)[C@@H](C)CC)c1nc(C(=O)NC(Cc2ccc(O)cc2)C[C@H](C)C(=O)NNC(=O)OCCOCC)cs1. The highest BCUT2D eigenvalue weighted by molar-refractivity contribution is 7.09. The Labute approximate surface area is 378 Å². The highest BCUT2D eigenvalue weighted by atomic mass is 32.1. The number of ether oxygens (including phenoxy) is 3. The minimum Gasteiger partial charge on any atom is -0.508 e. The number of piperidine rings is 1. The van der Waals surface area contributed by atoms with E-state index in [-0.39, 0.29) is 66.8 Å². The van der Waals surface area contributed by atoms with Gasteiger partial charge in [-0.2, -0.15) is 0 Å². The minimum absolute atomic E-state index is 0.0310. The second kappa shape index (κ2) is 27.8. The number of hydrogen-bond donors (Lipinski definition) is 5. The number of carbonyl (C=O) groups is 5. The highest BCUT2D eigenvalue weighted by Gasteiger charge is 2.38. The molecule has 354 valence electrons. The number of aromatic nitrogens is 1. The molecule has 0 spiro atoms. The fourth-order valence-electron chi connectivity index (χ4n) is 7.73. The number of nitrogens with one attached hydrogen (secondary N) is 4. The number of hydrogen-bond acceptors (Lipinski definition) is 12. The Morgan fingerprint density at radius 1 is 0.937 bits per heavy atom. The summed E-state index contributed by atoms with van der Waals surface area (Å²) >= 11 is 1.32. The summed E-state index contributed by atoms with van der Waals surface area (Å²) in [5, 5.41) is 18.4. The van der Waals surface area contributed by atoms with Gasteiger partial charge in [0.15, 0.2) is 0 Å². The molecule has 5 N–H and O–H groups in total. The molecule has 5 amide bonds. The molecule has 1 aromatic carbocycles. The van der Waals surface area contributed by atoms with Crippen molar-refractivity contribution in [3.8, 4) is 5.75 Å². The summed E-state index contributed by atoms with van der Waals surface area (Å²) in [5.41, 5.74) is 5.65. The molecule has 0 radical (unpaired) electrons. The van der Waals surface area contributed by atoms with Gasteiger partial charge < -0.3 is 34.9 Å². The van der Waals surface area contributed by atoms with Crippen LogP contribution in [0.2, 0.25) is 0 Å². The topological polar surface area (TPSA) is 201 Å². The number of phenols is 1. The van der Waals surface area contributed by atoms with Crippen molar-refractivity contribution in [3.63, 3.8) is 0 Å². The van der Waals surface area contributed by atoms with Gasteiger partial charge in [-0.3, -0.25) is 29.5 Å². The van der Waals surface area contributed by atoms with Crippen LogP contribution in [-0.2, 0) is 35.0 Å². The zero-order chi connectivity index (χ0) is 46.5. The van der Waals surface area contributed by atoms with Crippen LogP contribution in [0.3, 0.4) is 0 Å². The lowest BCUT2D eigenvalue weighted by molar-refractivity contribution is -0.143. The number of aromatic hydroxyl groups is 1. The third kappa shape index (κ3) is 17.3. The number of likely N-dealkylation sites (N-methyl/N-ethyl adjacent to an activating group) is 1. The quantitative estimate of drug-likeness (QED) is 0.0536. The maximum atomic E-state index is 14.7. The van der Waals surface area contributed by atoms with Gasteiger partial charge in [0.1, 0.15) is 35.2 Å². The standard InChI is InChI=1S/C46H75N7O9S/c1-10-21-53(45(58)40(31(7)12-3)49-43(57)37-16-14-15-22-52(37)9)38(30(5)6)28-39(61-23-11-2)44-48-36(29-63-44)42(56)47-34(27-33-17-19-35(54)20-18-33)26-32(8)41(55)50-51-46(59)62-25-24-60-13-4/h17-20,29-32,34,37-40,54H,10-16,21-28H2,1-9H3,(H,47,56)(H,49,57)(H,50,55)(H,51,59)/t31-,32-,34?,37+,38+,39+,40-/m0/s1. The van der Waals surface area contributed by atoms with Crippen LogP contribution in [0.5, 0.6) is 5.75 Å². The molecule has 1 fully saturated rings. The Bertz CT molecular complexity index is 1710. The third-order valence-corrected chi connectivity index (χ3v) is 12.5. The predicted molar refractivity (Wildman–Crippen MR) is 244 cm³/mol. The molecule has 17 heteroatoms. The third-order valence-electron chi connectivity index (χ3n) is 11.6. The Kier molecular flexibility index (Phi) is 23.4. The van der Waals surface area contributed by atoms with E-state index in [1.165, 1.54) is 11.3 Å². The van der Waals surface area contributed by atoms with Crippen molar-refractivity contribution in [2.24, 2.45) is 17.8 Å². The zero-order valence-electron chi connectivity index (χ0n) is 39.1. The predicted octanol–water partition coefficient (Wildman–Crippen LogP) is 6.15. The van der Waals surface area contributed by atoms with Crippen molar-refractivity contribution in [1.29, 1.82) is 0 Å². The van der Waals surface area contributed by atoms with E-state index < -0.39 is 42.0 Å². The van der Waals surface area contributed by atoms with Crippen molar-refractivity contribution in [1.82, 2.24) is 36.3 Å². The van der Waals surface area contributed by atoms with Gasteiger partial charge >= 0.3 is 6.09 Å². The summed E-state index contributed by atoms with van der Waals surface area (Å²) in [7, 11) is 1.97. The molecule has 1 aliphatic heterocycles. The molecule has 7 atom stereocenters. The highest BCUT2D eigenvalue weighted by Crippen LogP contribution is 2.32. The molecule has 0 saturated carbocycles. The van der Waals surface area contributed by atoms with E-state index in [2.05, 4.69) is 40.2 Å². The van der Waals surface area contributed by atoms with Gasteiger partial charge in [-0.15, -0.1) is 11.3 Å². The average Bonchev–Trinajstić information content (AvgIpc) is 3.76. The number of carbonyl (C=O) groups excluding carboxylic acids is 5. The molecule has 1 aromatic heterocycles. The lowest BCUT2D eigenvalue weighted by Gasteiger charge is -2.40. The van der Waals surface area contributed by atoms with E-state index in [0.29, 0.717) is 37.6 Å². The monoisotopic (exact) mass is 902 g/mol. The van der Waals surface area contributed by atoms with Gasteiger partial charge in [-0.1, -0.05) is 73.4 Å². The molecule has 1 unspecified atom stereocenters. The maximum absolute atomic E-state index is 14.7. The van der Waals surface area contributed by atoms with E-state index in [1.807, 2.05) is 46.6 Å². The molecular formula is C46H75N7O9S. The van der Waals surface area contributed by atoms with Crippen LogP contribution in [0.15, 0.2) is 29.6 Å². The van der Waals surface area contributed by atoms with Gasteiger partial charge in [0.25, 0.3) is 5.91 Å². The summed E-state index contributed by atoms with van der Waals surface area (Å²) in [6, 6.07) is 4.90. The zero-order valence-corrected chi connectivity index (χ0v) is 39.9. The van der Waals surface area contributed by atoms with Gasteiger partial charge in [-0.25, -0.2) is 15.2 Å². The van der Waals surface area contributed by atoms with E-state index >= 15 is 0 Å². The number of benzene rings is 1. The lowest BCUT2D eigenvalue weighted by Crippen LogP contribution is -2.58. The molecule has 0 bridgehead atoms. The molecule has 2 heterocycles. The van der Waals surface area contributed by atoms with Crippen LogP contribution >= 0.6 is 11.3 Å². The fraction of sp³-hybridized carbons (Fsp3) is 0.696. The summed E-state index contributed by atoms with van der Waals surface area (Å²) in [6.07, 6.45) is 4.68. The normalized spacial score (nSPS) is 17.1. The number of amides is 5. The fourth-order valence-corrected chi connectivity index (χ4v) is 8.59. The Morgan fingerprint density at radius 2 is 1.67 bits per heavy atom. The maximum Gasteiger partial charge on any atom is 0.426 e. The van der Waals surface area contributed by atoms with Crippen molar-refractivity contribution >= 4 is 41.1 Å². The summed E-state index contributed by atoms with van der Waals surface area (Å²) < 4.78 is 16.6. The van der Waals surface area contributed by atoms with E-state index in [0.717, 1.165) is 50.6 Å². The first-order valence-corrected chi connectivity index (χ1v) is 23.8. The second-order valence-corrected chi connectivity index (χ2v) is 17.9. The van der Waals surface area contributed by atoms with Crippen LogP contribution in [0.25, 0.3) is 0 Å². The first-order valence-electron chi connectivity index (χ1n) is 22.9. The van der Waals surface area contributed by atoms with E-state index in [4.69, 9.17) is 19.2 Å². The van der Waals surface area contributed by atoms with Crippen LogP contribution in [0.4, 0.5) is 4.79 Å².